The Morgan fingerprint density at radius 2 is 0.850 bits per heavy atom. The van der Waals surface area contributed by atoms with Gasteiger partial charge in [-0.15, -0.1) is 0 Å². The monoisotopic (exact) mass is 1960 g/mol. The highest BCUT2D eigenvalue weighted by Crippen LogP contribution is 2.27. The van der Waals surface area contributed by atoms with Crippen LogP contribution >= 0.6 is 0 Å². The summed E-state index contributed by atoms with van der Waals surface area (Å²) in [5.41, 5.74) is 17.7. The third-order valence-corrected chi connectivity index (χ3v) is 22.2. The number of carboxylic acids is 1. The molecule has 8 rings (SSSR count). The van der Waals surface area contributed by atoms with Crippen molar-refractivity contribution in [2.75, 3.05) is 73.2 Å². The van der Waals surface area contributed by atoms with Crippen LogP contribution in [0.3, 0.4) is 0 Å². The molecule has 1 aliphatic carbocycles. The van der Waals surface area contributed by atoms with Crippen molar-refractivity contribution >= 4 is 107 Å². The number of amidine groups is 2. The molecule has 0 spiro atoms. The number of urea groups is 2. The third kappa shape index (κ3) is 43.3. The summed E-state index contributed by atoms with van der Waals surface area (Å²) in [7, 11) is 2.45. The quantitative estimate of drug-likeness (QED) is 0.00504. The minimum atomic E-state index is -1.17. The fraction of sp³-hybridized carbons (Fsp3) is 0.576. The highest BCUT2D eigenvalue weighted by Gasteiger charge is 2.43. The lowest BCUT2D eigenvalue weighted by Crippen LogP contribution is -2.59. The maximum atomic E-state index is 14.1. The van der Waals surface area contributed by atoms with Crippen LogP contribution in [0.15, 0.2) is 131 Å². The number of carbonyl (C=O) groups excluding carboxylic acids is 15. The average Bonchev–Trinajstić information content (AvgIpc) is 1.63. The topological polar surface area (TPSA) is 553 Å². The van der Waals surface area contributed by atoms with Crippen LogP contribution in [0.25, 0.3) is 0 Å². The van der Waals surface area contributed by atoms with Crippen LogP contribution in [0.2, 0.25) is 0 Å². The zero-order chi connectivity index (χ0) is 101. The largest absolute Gasteiger partial charge is 0.480 e. The number of amides is 15. The normalized spacial score (nSPS) is 16.3. The van der Waals surface area contributed by atoms with E-state index in [2.05, 4.69) is 63.4 Å². The van der Waals surface area contributed by atoms with E-state index in [0.29, 0.717) is 101 Å². The van der Waals surface area contributed by atoms with Crippen LogP contribution in [0.4, 0.5) is 19.2 Å². The van der Waals surface area contributed by atoms with Gasteiger partial charge < -0.3 is 92.6 Å². The first-order valence-corrected chi connectivity index (χ1v) is 46.7. The Hall–Kier alpha value is -13.5. The van der Waals surface area contributed by atoms with E-state index in [1.807, 2.05) is 79.7 Å². The van der Waals surface area contributed by atoms with E-state index in [1.54, 1.807) is 111 Å². The van der Waals surface area contributed by atoms with Gasteiger partial charge in [0.2, 0.25) is 47.3 Å². The van der Waals surface area contributed by atoms with E-state index in [-0.39, 0.29) is 99.1 Å². The number of nitrogens with zero attached hydrogens (tertiary/aromatic N) is 7. The zero-order valence-corrected chi connectivity index (χ0v) is 80.8. The smallest absolute Gasteiger partial charge is 0.426 e. The SMILES string of the molecule is C.C.C.CCCCOC[C@H](NC(=O)[C@H](Cc1ccccc1)NC(=O)CNC(=O)[C@H]1CCCN1C(=O)OC(C)(C)C)C(=O)N1CCC[C@@H]1C(=O)O.CC[C@H](NC(=O)[C@H](Cc1ccccc1)NC(=O)CNC(=O)C1CCCC1)C(=O)N1CCC[C@@H]1C(=O)NN(Cc1ccccc1)C(=O)N[C@H](CCCN=C(C)N)C(=O)OC.COC(=O)[C@@H](CCCN=C(C)N)NC(=O)N(Cc1ccccc1)NC(=O)OC(C)(C)C. The van der Waals surface area contributed by atoms with E-state index >= 15 is 0 Å². The molecular weight excluding hydrogens is 1810 g/mol. The number of hydrogen-bond donors (Lipinski definition) is 13. The minimum Gasteiger partial charge on any atom is -0.480 e. The zero-order valence-electron chi connectivity index (χ0n) is 80.8. The molecule has 41 nitrogen and oxygen atoms in total. The van der Waals surface area contributed by atoms with Crippen LogP contribution in [0.1, 0.15) is 223 Å². The number of nitrogens with one attached hydrogen (secondary N) is 10. The summed E-state index contributed by atoms with van der Waals surface area (Å²) in [5, 5.41) is 33.1. The number of ether oxygens (including phenoxy) is 5. The number of carboxylic acid groups (broad SMARTS) is 1. The highest BCUT2D eigenvalue weighted by atomic mass is 16.6. The fourth-order valence-corrected chi connectivity index (χ4v) is 15.3. The Kier molecular flexibility index (Phi) is 53.8. The van der Waals surface area contributed by atoms with E-state index in [0.717, 1.165) is 65.2 Å². The average molecular weight is 1960 g/mol. The minimum absolute atomic E-state index is 0. The molecule has 0 bridgehead atoms. The molecule has 140 heavy (non-hydrogen) atoms. The van der Waals surface area contributed by atoms with Gasteiger partial charge in [-0.25, -0.2) is 49.0 Å². The summed E-state index contributed by atoms with van der Waals surface area (Å²) in [5.74, 6) is -6.51. The Balaban J connectivity index is 0.000000560. The van der Waals surface area contributed by atoms with Gasteiger partial charge in [0, 0.05) is 58.1 Å². The Morgan fingerprint density at radius 1 is 0.457 bits per heavy atom. The number of methoxy groups -OCH3 is 2. The van der Waals surface area contributed by atoms with Crippen molar-refractivity contribution in [3.05, 3.63) is 144 Å². The first kappa shape index (κ1) is 121. The molecule has 0 radical (unpaired) electrons. The number of likely N-dealkylation sites (tertiary alicyclic amines) is 3. The molecule has 3 aliphatic heterocycles. The molecule has 4 aromatic carbocycles. The Labute approximate surface area is 823 Å². The predicted octanol–water partition coefficient (Wildman–Crippen LogP) is 7.70. The molecule has 0 unspecified atom stereocenters. The van der Waals surface area contributed by atoms with Crippen molar-refractivity contribution < 1.29 is 106 Å². The third-order valence-electron chi connectivity index (χ3n) is 22.2. The van der Waals surface area contributed by atoms with Crippen molar-refractivity contribution in [1.29, 1.82) is 0 Å². The Morgan fingerprint density at radius 3 is 1.26 bits per heavy atom. The maximum absolute atomic E-state index is 14.1. The number of aliphatic carboxylic acids is 1. The molecule has 9 atom stereocenters. The molecule has 776 valence electrons. The molecule has 4 aromatic rings. The summed E-state index contributed by atoms with van der Waals surface area (Å²) in [6.07, 6.45) is 8.19. The van der Waals surface area contributed by atoms with Crippen molar-refractivity contribution in [3.63, 3.8) is 0 Å². The number of unbranched alkanes of at least 4 members (excludes halogenated alkanes) is 1. The van der Waals surface area contributed by atoms with Gasteiger partial charge >= 0.3 is 42.2 Å². The van der Waals surface area contributed by atoms with E-state index in [4.69, 9.17) is 35.2 Å². The second kappa shape index (κ2) is 62.4. The molecular formula is C99H153N19O22. The molecule has 3 saturated heterocycles. The van der Waals surface area contributed by atoms with E-state index < -0.39 is 162 Å². The first-order chi connectivity index (χ1) is 65.2. The summed E-state index contributed by atoms with van der Waals surface area (Å²) in [6.45, 7) is 18.4. The van der Waals surface area contributed by atoms with Gasteiger partial charge in [-0.1, -0.05) is 177 Å². The summed E-state index contributed by atoms with van der Waals surface area (Å²) in [4.78, 5) is 221. The van der Waals surface area contributed by atoms with Crippen LogP contribution < -0.4 is 64.9 Å². The van der Waals surface area contributed by atoms with Crippen molar-refractivity contribution in [3.8, 4) is 0 Å². The second-order valence-electron chi connectivity index (χ2n) is 35.7. The van der Waals surface area contributed by atoms with Gasteiger partial charge in [-0.2, -0.15) is 0 Å². The number of hydrogen-bond acceptors (Lipinski definition) is 23. The van der Waals surface area contributed by atoms with E-state index in [9.17, 15) is 81.8 Å². The molecule has 4 fully saturated rings. The number of esters is 2. The molecule has 4 aliphatic rings. The lowest BCUT2D eigenvalue weighted by Gasteiger charge is -2.31. The Bertz CT molecular complexity index is 4660. The number of aliphatic imine (C=N–C) groups is 2. The molecule has 15 N–H and O–H groups in total. The summed E-state index contributed by atoms with van der Waals surface area (Å²) >= 11 is 0. The number of carbonyl (C=O) groups is 16. The van der Waals surface area contributed by atoms with Crippen LogP contribution in [-0.4, -0.2) is 276 Å². The predicted molar refractivity (Wildman–Crippen MR) is 528 cm³/mol. The molecule has 3 heterocycles. The van der Waals surface area contributed by atoms with Gasteiger partial charge in [0.05, 0.1) is 58.7 Å². The van der Waals surface area contributed by atoms with Crippen molar-refractivity contribution in [1.82, 2.24) is 78.1 Å². The van der Waals surface area contributed by atoms with Gasteiger partial charge in [0.25, 0.3) is 5.91 Å². The summed E-state index contributed by atoms with van der Waals surface area (Å²) < 4.78 is 26.0. The van der Waals surface area contributed by atoms with Crippen LogP contribution in [0, 0.1) is 5.92 Å². The lowest BCUT2D eigenvalue weighted by atomic mass is 10.0. The highest BCUT2D eigenvalue weighted by molar-refractivity contribution is 5.98. The molecule has 1 saturated carbocycles. The lowest BCUT2D eigenvalue weighted by molar-refractivity contribution is -0.150. The first-order valence-electron chi connectivity index (χ1n) is 46.7. The second-order valence-corrected chi connectivity index (χ2v) is 35.7. The summed E-state index contributed by atoms with van der Waals surface area (Å²) in [6, 6.07) is 25.5. The van der Waals surface area contributed by atoms with Gasteiger partial charge in [0.1, 0.15) is 65.6 Å². The number of benzene rings is 4. The van der Waals surface area contributed by atoms with Crippen LogP contribution in [-0.2, 0) is 107 Å². The molecule has 15 amide bonds. The van der Waals surface area contributed by atoms with Crippen molar-refractivity contribution in [2.24, 2.45) is 27.4 Å². The van der Waals surface area contributed by atoms with Gasteiger partial charge in [0.15, 0.2) is 0 Å². The maximum Gasteiger partial charge on any atom is 0.426 e. The fourth-order valence-electron chi connectivity index (χ4n) is 15.3. The van der Waals surface area contributed by atoms with Gasteiger partial charge in [-0.05, 0) is 168 Å². The number of rotatable bonds is 42. The molecule has 0 aromatic heterocycles. The molecule has 41 heteroatoms. The van der Waals surface area contributed by atoms with Gasteiger partial charge in [-0.3, -0.25) is 63.5 Å². The number of hydrazine groups is 2. The van der Waals surface area contributed by atoms with E-state index in [1.165, 1.54) is 28.9 Å². The standard InChI is InChI=1S/C42H59N9O8.C33H49N5O9.C21H33N5O5.3CH4/c1-4-32(47-38(54)34(25-29-15-7-5-8-16-29)46-36(52)26-45-37(53)31-19-11-12-20-31)40(56)50-24-14-22-35(50)39(55)49-51(27-30-17-9-6-10-18-30)42(58)48-33(41(57)59-3)21-13-23-44-28(2)43;1-5-6-18-46-21-24(30(42)37-16-11-15-26(37)31(43)44)36-28(40)23(19-22-12-8-7-9-13-22)35-27(39)20-34-29(41)25-14-10-17-38(25)32(45)47-33(2,3)4;1-15(22)23-13-9-12-17(18(27)30-5)24-19(28)26(14-16-10-7-6-8-11-16)25-20(29)31-21(2,3)4;;;/h5-10,15-18,31-35H,4,11-14,19-27H2,1-3H3,(H2,43,44)(H,45,53)(H,46,52)(H,47,54)(H,48,58)(H,49,55);7-9,12-13,23-26H,5-6,10-11,14-21H2,1-4H3,(H,34,41)(H,35,39)(H,36,40)(H,43,44);6-8,10-11,17H,9,12-14H2,1-5H3,(H2,22,23)(H,24,28)(H,25,29);3*1H4/t32-,33+,34-,35+;23-,24-,25+,26+;17-;;;/m001.../s1. The number of nitrogens with two attached hydrogens (primary N) is 2. The van der Waals surface area contributed by atoms with Crippen molar-refractivity contribution in [2.45, 2.75) is 292 Å². The van der Waals surface area contributed by atoms with Crippen LogP contribution in [0.5, 0.6) is 0 Å².